The van der Waals surface area contributed by atoms with Gasteiger partial charge < -0.3 is 9.42 Å². The van der Waals surface area contributed by atoms with Crippen molar-refractivity contribution < 1.29 is 9.32 Å². The van der Waals surface area contributed by atoms with E-state index in [-0.39, 0.29) is 11.9 Å². The SMILES string of the molecule is CCN(CC)C(=O)CN(C)C(C)c1nc(-c2ccccc2)no1. The fourth-order valence-corrected chi connectivity index (χ4v) is 2.32. The van der Waals surface area contributed by atoms with E-state index in [1.165, 1.54) is 0 Å². The molecule has 0 aliphatic heterocycles. The molecule has 0 saturated heterocycles. The highest BCUT2D eigenvalue weighted by Gasteiger charge is 2.22. The molecule has 6 heteroatoms. The van der Waals surface area contributed by atoms with Crippen molar-refractivity contribution in [3.63, 3.8) is 0 Å². The molecular weight excluding hydrogens is 292 g/mol. The van der Waals surface area contributed by atoms with Gasteiger partial charge in [0.2, 0.25) is 17.6 Å². The van der Waals surface area contributed by atoms with E-state index in [4.69, 9.17) is 4.52 Å². The second-order valence-electron chi connectivity index (χ2n) is 5.48. The lowest BCUT2D eigenvalue weighted by Crippen LogP contribution is -2.39. The summed E-state index contributed by atoms with van der Waals surface area (Å²) in [5.74, 6) is 1.18. The predicted octanol–water partition coefficient (Wildman–Crippen LogP) is 2.60. The highest BCUT2D eigenvalue weighted by molar-refractivity contribution is 5.78. The Morgan fingerprint density at radius 2 is 1.87 bits per heavy atom. The minimum absolute atomic E-state index is 0.104. The zero-order valence-electron chi connectivity index (χ0n) is 14.2. The van der Waals surface area contributed by atoms with Crippen molar-refractivity contribution in [2.24, 2.45) is 0 Å². The van der Waals surface area contributed by atoms with Gasteiger partial charge in [-0.2, -0.15) is 4.98 Å². The fraction of sp³-hybridized carbons (Fsp3) is 0.471. The summed E-state index contributed by atoms with van der Waals surface area (Å²) in [5.41, 5.74) is 0.913. The molecule has 1 amide bonds. The van der Waals surface area contributed by atoms with Crippen LogP contribution in [0.2, 0.25) is 0 Å². The lowest BCUT2D eigenvalue weighted by Gasteiger charge is -2.25. The Morgan fingerprint density at radius 3 is 2.48 bits per heavy atom. The van der Waals surface area contributed by atoms with Crippen LogP contribution in [0.4, 0.5) is 0 Å². The average Bonchev–Trinajstić information content (AvgIpc) is 3.06. The predicted molar refractivity (Wildman–Crippen MR) is 88.7 cm³/mol. The maximum atomic E-state index is 12.2. The standard InChI is InChI=1S/C17H24N4O2/c1-5-21(6-2)15(22)12-20(4)13(3)17-18-16(19-23-17)14-10-8-7-9-11-14/h7-11,13H,5-6,12H2,1-4H3. The normalized spacial score (nSPS) is 12.4. The van der Waals surface area contributed by atoms with Crippen LogP contribution in [0.25, 0.3) is 11.4 Å². The number of carbonyl (C=O) groups is 1. The van der Waals surface area contributed by atoms with Crippen LogP contribution >= 0.6 is 0 Å². The molecule has 0 N–H and O–H groups in total. The van der Waals surface area contributed by atoms with Crippen molar-refractivity contribution in [3.8, 4) is 11.4 Å². The van der Waals surface area contributed by atoms with E-state index in [1.54, 1.807) is 0 Å². The largest absolute Gasteiger partial charge is 0.342 e. The quantitative estimate of drug-likeness (QED) is 0.785. The maximum absolute atomic E-state index is 12.2. The molecule has 0 fully saturated rings. The van der Waals surface area contributed by atoms with Crippen molar-refractivity contribution in [3.05, 3.63) is 36.2 Å². The molecule has 2 aromatic rings. The maximum Gasteiger partial charge on any atom is 0.244 e. The highest BCUT2D eigenvalue weighted by atomic mass is 16.5. The molecule has 1 unspecified atom stereocenters. The van der Waals surface area contributed by atoms with E-state index in [0.717, 1.165) is 18.7 Å². The number of rotatable bonds is 7. The summed E-state index contributed by atoms with van der Waals surface area (Å²) >= 11 is 0. The smallest absolute Gasteiger partial charge is 0.244 e. The molecule has 1 aromatic heterocycles. The van der Waals surface area contributed by atoms with E-state index >= 15 is 0 Å². The molecule has 0 aliphatic rings. The van der Waals surface area contributed by atoms with Gasteiger partial charge in [0.05, 0.1) is 12.6 Å². The molecule has 124 valence electrons. The molecular formula is C17H24N4O2. The summed E-state index contributed by atoms with van der Waals surface area (Å²) in [7, 11) is 1.89. The lowest BCUT2D eigenvalue weighted by molar-refractivity contribution is -0.132. The van der Waals surface area contributed by atoms with Gasteiger partial charge in [-0.15, -0.1) is 0 Å². The summed E-state index contributed by atoms with van der Waals surface area (Å²) in [6, 6.07) is 9.56. The van der Waals surface area contributed by atoms with E-state index in [1.807, 2.05) is 68.0 Å². The molecule has 0 aliphatic carbocycles. The van der Waals surface area contributed by atoms with Crippen LogP contribution in [0.5, 0.6) is 0 Å². The number of hydrogen-bond acceptors (Lipinski definition) is 5. The van der Waals surface area contributed by atoms with E-state index in [0.29, 0.717) is 18.3 Å². The van der Waals surface area contributed by atoms with Crippen LogP contribution in [0.3, 0.4) is 0 Å². The van der Waals surface area contributed by atoms with Crippen LogP contribution in [0.15, 0.2) is 34.9 Å². The van der Waals surface area contributed by atoms with Crippen molar-refractivity contribution in [1.29, 1.82) is 0 Å². The van der Waals surface area contributed by atoms with Gasteiger partial charge in [-0.1, -0.05) is 35.5 Å². The van der Waals surface area contributed by atoms with E-state index < -0.39 is 0 Å². The highest BCUT2D eigenvalue weighted by Crippen LogP contribution is 2.21. The zero-order valence-corrected chi connectivity index (χ0v) is 14.2. The van der Waals surface area contributed by atoms with E-state index in [9.17, 15) is 4.79 Å². The monoisotopic (exact) mass is 316 g/mol. The summed E-state index contributed by atoms with van der Waals surface area (Å²) in [6.45, 7) is 7.68. The number of nitrogens with zero attached hydrogens (tertiary/aromatic N) is 4. The third kappa shape index (κ3) is 4.16. The summed E-state index contributed by atoms with van der Waals surface area (Å²) in [5, 5.41) is 4.03. The Morgan fingerprint density at radius 1 is 1.22 bits per heavy atom. The second-order valence-corrected chi connectivity index (χ2v) is 5.48. The Bertz CT molecular complexity index is 623. The number of carbonyl (C=O) groups excluding carboxylic acids is 1. The van der Waals surface area contributed by atoms with Crippen LogP contribution in [0.1, 0.15) is 32.7 Å². The Kier molecular flexibility index (Phi) is 5.87. The number of amides is 1. The molecule has 0 spiro atoms. The molecule has 1 atom stereocenters. The van der Waals surface area contributed by atoms with Gasteiger partial charge in [0.15, 0.2) is 0 Å². The van der Waals surface area contributed by atoms with Gasteiger partial charge >= 0.3 is 0 Å². The molecule has 0 radical (unpaired) electrons. The van der Waals surface area contributed by atoms with Crippen LogP contribution in [-0.2, 0) is 4.79 Å². The van der Waals surface area contributed by atoms with Gasteiger partial charge in [0.25, 0.3) is 0 Å². The zero-order chi connectivity index (χ0) is 16.8. The summed E-state index contributed by atoms with van der Waals surface area (Å²) in [6.07, 6.45) is 0. The minimum atomic E-state index is -0.125. The number of benzene rings is 1. The molecule has 6 nitrogen and oxygen atoms in total. The minimum Gasteiger partial charge on any atom is -0.342 e. The van der Waals surface area contributed by atoms with E-state index in [2.05, 4.69) is 10.1 Å². The number of likely N-dealkylation sites (N-methyl/N-ethyl adjacent to an activating group) is 2. The lowest BCUT2D eigenvalue weighted by atomic mass is 10.2. The van der Waals surface area contributed by atoms with Gasteiger partial charge in [0.1, 0.15) is 0 Å². The third-order valence-electron chi connectivity index (χ3n) is 3.99. The molecule has 2 rings (SSSR count). The van der Waals surface area contributed by atoms with Crippen molar-refractivity contribution >= 4 is 5.91 Å². The Balaban J connectivity index is 2.04. The topological polar surface area (TPSA) is 62.5 Å². The first-order chi connectivity index (χ1) is 11.1. The third-order valence-corrected chi connectivity index (χ3v) is 3.99. The first kappa shape index (κ1) is 17.1. The second kappa shape index (κ2) is 7.87. The molecule has 1 heterocycles. The van der Waals surface area contributed by atoms with Crippen LogP contribution < -0.4 is 0 Å². The van der Waals surface area contributed by atoms with Crippen molar-refractivity contribution in [1.82, 2.24) is 19.9 Å². The average molecular weight is 316 g/mol. The van der Waals surface area contributed by atoms with Gasteiger partial charge in [-0.25, -0.2) is 0 Å². The summed E-state index contributed by atoms with van der Waals surface area (Å²) < 4.78 is 5.37. The van der Waals surface area contributed by atoms with Gasteiger partial charge in [0, 0.05) is 18.7 Å². The molecule has 0 bridgehead atoms. The van der Waals surface area contributed by atoms with Crippen LogP contribution in [0, 0.1) is 0 Å². The molecule has 1 aromatic carbocycles. The number of hydrogen-bond donors (Lipinski definition) is 0. The van der Waals surface area contributed by atoms with Gasteiger partial charge in [-0.3, -0.25) is 9.69 Å². The van der Waals surface area contributed by atoms with Crippen molar-refractivity contribution in [2.45, 2.75) is 26.8 Å². The van der Waals surface area contributed by atoms with Gasteiger partial charge in [-0.05, 0) is 27.8 Å². The number of aromatic nitrogens is 2. The first-order valence-corrected chi connectivity index (χ1v) is 7.93. The summed E-state index contributed by atoms with van der Waals surface area (Å²) in [4.78, 5) is 20.4. The van der Waals surface area contributed by atoms with Crippen LogP contribution in [-0.4, -0.2) is 52.5 Å². The molecule has 0 saturated carbocycles. The van der Waals surface area contributed by atoms with Crippen molar-refractivity contribution in [2.75, 3.05) is 26.7 Å². The Hall–Kier alpha value is -2.21. The first-order valence-electron chi connectivity index (χ1n) is 7.93. The fourth-order valence-electron chi connectivity index (χ4n) is 2.32. The molecule has 23 heavy (non-hydrogen) atoms. The Labute approximate surface area is 137 Å².